The number of imide groups is 1. The highest BCUT2D eigenvalue weighted by Crippen LogP contribution is 2.39. The maximum absolute atomic E-state index is 12.7. The molecule has 1 aromatic heterocycles. The van der Waals surface area contributed by atoms with Crippen molar-refractivity contribution < 1.29 is 19.1 Å². The summed E-state index contributed by atoms with van der Waals surface area (Å²) in [6.45, 7) is 2.14. The summed E-state index contributed by atoms with van der Waals surface area (Å²) in [5, 5.41) is 14.3. The van der Waals surface area contributed by atoms with E-state index in [0.717, 1.165) is 23.3 Å². The highest BCUT2D eigenvalue weighted by Gasteiger charge is 2.29. The molecule has 0 spiro atoms. The van der Waals surface area contributed by atoms with Crippen LogP contribution in [0.5, 0.6) is 0 Å². The van der Waals surface area contributed by atoms with Gasteiger partial charge in [0.15, 0.2) is 0 Å². The summed E-state index contributed by atoms with van der Waals surface area (Å²) >= 11 is 1.36. The quantitative estimate of drug-likeness (QED) is 0.824. The first-order valence-corrected chi connectivity index (χ1v) is 9.60. The Morgan fingerprint density at radius 1 is 1.21 bits per heavy atom. The SMILES string of the molecule is COC(=O)NC(=O)c1c(NC(=O)c2ccc(C#N)cc2)sc2c1CC[C@H](C)C2. The number of carbonyl (C=O) groups excluding carboxylic acids is 3. The number of nitrogens with zero attached hydrogens (tertiary/aromatic N) is 1. The first kappa shape index (κ1) is 19.6. The van der Waals surface area contributed by atoms with Gasteiger partial charge in [-0.05, 0) is 55.0 Å². The Bertz CT molecular complexity index is 973. The highest BCUT2D eigenvalue weighted by molar-refractivity contribution is 7.17. The molecule has 3 rings (SSSR count). The van der Waals surface area contributed by atoms with Crippen molar-refractivity contribution in [2.75, 3.05) is 12.4 Å². The van der Waals surface area contributed by atoms with Crippen molar-refractivity contribution >= 4 is 34.2 Å². The molecule has 1 aliphatic carbocycles. The minimum Gasteiger partial charge on any atom is -0.453 e. The lowest BCUT2D eigenvalue weighted by Gasteiger charge is -2.18. The van der Waals surface area contributed by atoms with Crippen molar-refractivity contribution in [1.82, 2.24) is 5.32 Å². The zero-order valence-corrected chi connectivity index (χ0v) is 16.3. The van der Waals surface area contributed by atoms with Gasteiger partial charge < -0.3 is 10.1 Å². The average Bonchev–Trinajstić information content (AvgIpc) is 3.04. The number of amides is 3. The first-order chi connectivity index (χ1) is 13.4. The lowest BCUT2D eigenvalue weighted by atomic mass is 9.88. The number of nitrogens with one attached hydrogen (secondary N) is 2. The summed E-state index contributed by atoms with van der Waals surface area (Å²) in [6.07, 6.45) is 1.62. The Morgan fingerprint density at radius 2 is 1.93 bits per heavy atom. The van der Waals surface area contributed by atoms with E-state index < -0.39 is 12.0 Å². The van der Waals surface area contributed by atoms with Crippen LogP contribution >= 0.6 is 11.3 Å². The standard InChI is InChI=1S/C20H19N3O4S/c1-11-3-8-14-15(9-11)28-19(16(14)18(25)23-20(26)27-2)22-17(24)13-6-4-12(10-21)5-7-13/h4-7,11H,3,8-9H2,1-2H3,(H,22,24)(H,23,25,26)/t11-/m0/s1. The van der Waals surface area contributed by atoms with E-state index in [1.807, 2.05) is 6.07 Å². The van der Waals surface area contributed by atoms with E-state index in [0.29, 0.717) is 34.0 Å². The number of fused-ring (bicyclic) bond motifs is 1. The summed E-state index contributed by atoms with van der Waals surface area (Å²) in [7, 11) is 1.18. The number of anilines is 1. The molecule has 0 unspecified atom stereocenters. The molecule has 0 fully saturated rings. The molecule has 0 bridgehead atoms. The van der Waals surface area contributed by atoms with Crippen LogP contribution < -0.4 is 10.6 Å². The van der Waals surface area contributed by atoms with E-state index in [4.69, 9.17) is 5.26 Å². The van der Waals surface area contributed by atoms with Gasteiger partial charge in [0.1, 0.15) is 5.00 Å². The average molecular weight is 397 g/mol. The van der Waals surface area contributed by atoms with Gasteiger partial charge in [0, 0.05) is 10.4 Å². The smallest absolute Gasteiger partial charge is 0.413 e. The fraction of sp³-hybridized carbons (Fsp3) is 0.300. The summed E-state index contributed by atoms with van der Waals surface area (Å²) < 4.78 is 4.51. The van der Waals surface area contributed by atoms with Gasteiger partial charge in [0.2, 0.25) is 0 Å². The van der Waals surface area contributed by atoms with Crippen molar-refractivity contribution in [3.05, 3.63) is 51.4 Å². The molecule has 2 N–H and O–H groups in total. The van der Waals surface area contributed by atoms with Crippen molar-refractivity contribution in [1.29, 1.82) is 5.26 Å². The van der Waals surface area contributed by atoms with E-state index in [9.17, 15) is 14.4 Å². The summed E-state index contributed by atoms with van der Waals surface area (Å²) in [6, 6.07) is 8.22. The highest BCUT2D eigenvalue weighted by atomic mass is 32.1. The minimum atomic E-state index is -0.849. The number of alkyl carbamates (subject to hydrolysis) is 1. The van der Waals surface area contributed by atoms with E-state index in [-0.39, 0.29) is 5.91 Å². The largest absolute Gasteiger partial charge is 0.453 e. The molecule has 0 radical (unpaired) electrons. The zero-order chi connectivity index (χ0) is 20.3. The second-order valence-electron chi connectivity index (χ2n) is 6.64. The molecule has 28 heavy (non-hydrogen) atoms. The molecule has 7 nitrogen and oxygen atoms in total. The second-order valence-corrected chi connectivity index (χ2v) is 7.75. The van der Waals surface area contributed by atoms with Gasteiger partial charge in [-0.15, -0.1) is 11.3 Å². The summed E-state index contributed by atoms with van der Waals surface area (Å²) in [4.78, 5) is 37.8. The normalized spacial score (nSPS) is 15.1. The number of hydrogen-bond donors (Lipinski definition) is 2. The van der Waals surface area contributed by atoms with E-state index in [1.165, 1.54) is 18.4 Å². The van der Waals surface area contributed by atoms with Gasteiger partial charge >= 0.3 is 6.09 Å². The minimum absolute atomic E-state index is 0.319. The van der Waals surface area contributed by atoms with Crippen LogP contribution in [0.3, 0.4) is 0 Å². The molecule has 8 heteroatoms. The molecule has 2 aromatic rings. The fourth-order valence-corrected chi connectivity index (χ4v) is 4.56. The number of carbonyl (C=O) groups is 3. The molecule has 1 aliphatic rings. The predicted octanol–water partition coefficient (Wildman–Crippen LogP) is 3.49. The van der Waals surface area contributed by atoms with E-state index in [2.05, 4.69) is 22.3 Å². The number of methoxy groups -OCH3 is 1. The molecule has 144 valence electrons. The number of benzene rings is 1. The Balaban J connectivity index is 1.92. The fourth-order valence-electron chi connectivity index (χ4n) is 3.16. The van der Waals surface area contributed by atoms with Crippen molar-refractivity contribution in [2.45, 2.75) is 26.2 Å². The second kappa shape index (κ2) is 8.23. The topological polar surface area (TPSA) is 108 Å². The van der Waals surface area contributed by atoms with E-state index >= 15 is 0 Å². The summed E-state index contributed by atoms with van der Waals surface area (Å²) in [5.74, 6) is -0.484. The van der Waals surface area contributed by atoms with Crippen molar-refractivity contribution in [3.8, 4) is 6.07 Å². The first-order valence-electron chi connectivity index (χ1n) is 8.78. The molecule has 3 amide bonds. The Hall–Kier alpha value is -3.18. The number of hydrogen-bond acceptors (Lipinski definition) is 6. The van der Waals surface area contributed by atoms with Gasteiger partial charge in [0.25, 0.3) is 11.8 Å². The Labute approximate surface area is 166 Å². The number of ether oxygens (including phenoxy) is 1. The van der Waals surface area contributed by atoms with Crippen LogP contribution in [0.2, 0.25) is 0 Å². The maximum atomic E-state index is 12.7. The summed E-state index contributed by atoms with van der Waals surface area (Å²) in [5.41, 5.74) is 2.02. The van der Waals surface area contributed by atoms with Crippen molar-refractivity contribution in [3.63, 3.8) is 0 Å². The molecule has 0 saturated heterocycles. The van der Waals surface area contributed by atoms with Gasteiger partial charge in [0.05, 0.1) is 24.3 Å². The number of nitriles is 1. The molecule has 1 aromatic carbocycles. The molecule has 0 saturated carbocycles. The maximum Gasteiger partial charge on any atom is 0.413 e. The third-order valence-electron chi connectivity index (χ3n) is 4.64. The molecule has 1 heterocycles. The predicted molar refractivity (Wildman–Crippen MR) is 104 cm³/mol. The molecule has 0 aliphatic heterocycles. The van der Waals surface area contributed by atoms with E-state index in [1.54, 1.807) is 24.3 Å². The Morgan fingerprint density at radius 3 is 2.57 bits per heavy atom. The van der Waals surface area contributed by atoms with Crippen molar-refractivity contribution in [2.24, 2.45) is 5.92 Å². The number of rotatable bonds is 3. The Kier molecular flexibility index (Phi) is 5.76. The van der Waals surface area contributed by atoms with Crippen LogP contribution in [-0.2, 0) is 17.6 Å². The van der Waals surface area contributed by atoms with Crippen LogP contribution in [0.25, 0.3) is 0 Å². The number of thiophene rings is 1. The van der Waals surface area contributed by atoms with Gasteiger partial charge in [-0.3, -0.25) is 14.9 Å². The van der Waals surface area contributed by atoms with Crippen LogP contribution in [0.15, 0.2) is 24.3 Å². The zero-order valence-electron chi connectivity index (χ0n) is 15.5. The molecular formula is C20H19N3O4S. The van der Waals surface area contributed by atoms with Gasteiger partial charge in [-0.2, -0.15) is 5.26 Å². The third kappa shape index (κ3) is 4.05. The molecular weight excluding hydrogens is 378 g/mol. The lowest BCUT2D eigenvalue weighted by molar-refractivity contribution is 0.0937. The third-order valence-corrected chi connectivity index (χ3v) is 5.81. The molecule has 1 atom stereocenters. The van der Waals surface area contributed by atoms with Gasteiger partial charge in [-0.25, -0.2) is 4.79 Å². The van der Waals surface area contributed by atoms with Crippen LogP contribution in [0.4, 0.5) is 9.80 Å². The van der Waals surface area contributed by atoms with Crippen LogP contribution in [-0.4, -0.2) is 25.0 Å². The monoisotopic (exact) mass is 397 g/mol. The van der Waals surface area contributed by atoms with Crippen LogP contribution in [0.1, 0.15) is 50.1 Å². The van der Waals surface area contributed by atoms with Gasteiger partial charge in [-0.1, -0.05) is 6.92 Å². The lowest BCUT2D eigenvalue weighted by Crippen LogP contribution is -2.31. The van der Waals surface area contributed by atoms with Crippen LogP contribution in [0, 0.1) is 17.2 Å².